The number of rotatable bonds is 5. The molecule has 22 heavy (non-hydrogen) atoms. The van der Waals surface area contributed by atoms with Gasteiger partial charge in [0.05, 0.1) is 26.3 Å². The molecule has 0 radical (unpaired) electrons. The zero-order valence-electron chi connectivity index (χ0n) is 12.5. The third-order valence-electron chi connectivity index (χ3n) is 3.44. The maximum atomic E-state index is 10.9. The first-order valence-electron chi connectivity index (χ1n) is 7.29. The Kier molecular flexibility index (Phi) is 4.87. The normalized spacial score (nSPS) is 15.9. The molecular formula is C15H19N3O3S. The van der Waals surface area contributed by atoms with Gasteiger partial charge in [0.25, 0.3) is 0 Å². The molecule has 2 aromatic heterocycles. The van der Waals surface area contributed by atoms with Crippen molar-refractivity contribution in [3.8, 4) is 11.5 Å². The molecule has 0 atom stereocenters. The molecule has 1 fully saturated rings. The van der Waals surface area contributed by atoms with Gasteiger partial charge in [0.2, 0.25) is 5.91 Å². The Morgan fingerprint density at radius 2 is 2.23 bits per heavy atom. The molecule has 1 amide bonds. The van der Waals surface area contributed by atoms with E-state index in [0.29, 0.717) is 6.54 Å². The highest BCUT2D eigenvalue weighted by molar-refractivity contribution is 7.09. The van der Waals surface area contributed by atoms with E-state index in [0.717, 1.165) is 55.1 Å². The van der Waals surface area contributed by atoms with Crippen LogP contribution in [0.2, 0.25) is 0 Å². The highest BCUT2D eigenvalue weighted by Gasteiger charge is 2.14. The Bertz CT molecular complexity index is 632. The van der Waals surface area contributed by atoms with Crippen LogP contribution in [-0.4, -0.2) is 42.1 Å². The van der Waals surface area contributed by atoms with E-state index in [4.69, 9.17) is 9.15 Å². The minimum atomic E-state index is -0.0700. The summed E-state index contributed by atoms with van der Waals surface area (Å²) < 4.78 is 11.1. The van der Waals surface area contributed by atoms with Gasteiger partial charge in [-0.3, -0.25) is 9.69 Å². The van der Waals surface area contributed by atoms with E-state index in [1.165, 1.54) is 6.92 Å². The van der Waals surface area contributed by atoms with Crippen LogP contribution in [0.3, 0.4) is 0 Å². The third-order valence-corrected chi connectivity index (χ3v) is 4.27. The quantitative estimate of drug-likeness (QED) is 0.910. The third kappa shape index (κ3) is 3.94. The fraction of sp³-hybridized carbons (Fsp3) is 0.467. The molecule has 2 aromatic rings. The number of morpholine rings is 1. The van der Waals surface area contributed by atoms with Crippen molar-refractivity contribution in [2.75, 3.05) is 26.3 Å². The van der Waals surface area contributed by atoms with Crippen LogP contribution in [0, 0.1) is 0 Å². The molecule has 0 aromatic carbocycles. The molecule has 3 heterocycles. The Morgan fingerprint density at radius 1 is 1.41 bits per heavy atom. The molecule has 1 aliphatic heterocycles. The zero-order valence-corrected chi connectivity index (χ0v) is 13.3. The van der Waals surface area contributed by atoms with Gasteiger partial charge in [0, 0.05) is 25.4 Å². The van der Waals surface area contributed by atoms with E-state index in [1.54, 1.807) is 11.3 Å². The first-order valence-corrected chi connectivity index (χ1v) is 8.17. The number of carbonyl (C=O) groups excluding carboxylic acids is 1. The Labute approximate surface area is 133 Å². The van der Waals surface area contributed by atoms with Crippen molar-refractivity contribution in [3.05, 3.63) is 28.3 Å². The molecule has 0 bridgehead atoms. The van der Waals surface area contributed by atoms with Crippen LogP contribution in [0.5, 0.6) is 0 Å². The zero-order chi connectivity index (χ0) is 15.4. The van der Waals surface area contributed by atoms with E-state index in [9.17, 15) is 4.79 Å². The van der Waals surface area contributed by atoms with Crippen LogP contribution in [0.25, 0.3) is 11.5 Å². The molecular weight excluding hydrogens is 302 g/mol. The van der Waals surface area contributed by atoms with Crippen molar-refractivity contribution < 1.29 is 13.9 Å². The first kappa shape index (κ1) is 15.2. The van der Waals surface area contributed by atoms with Gasteiger partial charge in [-0.05, 0) is 12.1 Å². The number of ether oxygens (including phenoxy) is 1. The minimum absolute atomic E-state index is 0.0700. The van der Waals surface area contributed by atoms with E-state index in [1.807, 2.05) is 17.5 Å². The van der Waals surface area contributed by atoms with E-state index in [2.05, 4.69) is 15.2 Å². The van der Waals surface area contributed by atoms with Crippen molar-refractivity contribution in [2.45, 2.75) is 20.0 Å². The minimum Gasteiger partial charge on any atom is -0.458 e. The van der Waals surface area contributed by atoms with E-state index in [-0.39, 0.29) is 5.91 Å². The lowest BCUT2D eigenvalue weighted by Gasteiger charge is -2.25. The van der Waals surface area contributed by atoms with Gasteiger partial charge >= 0.3 is 0 Å². The van der Waals surface area contributed by atoms with Crippen LogP contribution in [0.15, 0.2) is 21.9 Å². The largest absolute Gasteiger partial charge is 0.458 e. The standard InChI is InChI=1S/C15H19N3O3S/c1-11(19)16-8-12-2-3-14(21-12)13-10-22-15(17-13)9-18-4-6-20-7-5-18/h2-3,10H,4-9H2,1H3,(H,16,19). The van der Waals surface area contributed by atoms with Crippen LogP contribution in [0.1, 0.15) is 17.7 Å². The number of nitrogens with zero attached hydrogens (tertiary/aromatic N) is 2. The van der Waals surface area contributed by atoms with Gasteiger partial charge in [-0.15, -0.1) is 11.3 Å². The second kappa shape index (κ2) is 7.04. The van der Waals surface area contributed by atoms with Crippen molar-refractivity contribution in [2.24, 2.45) is 0 Å². The van der Waals surface area contributed by atoms with Crippen molar-refractivity contribution >= 4 is 17.2 Å². The fourth-order valence-corrected chi connectivity index (χ4v) is 3.09. The van der Waals surface area contributed by atoms with Crippen molar-refractivity contribution in [1.29, 1.82) is 0 Å². The lowest BCUT2D eigenvalue weighted by molar-refractivity contribution is -0.119. The Morgan fingerprint density at radius 3 is 3.00 bits per heavy atom. The second-order valence-electron chi connectivity index (χ2n) is 5.19. The number of carbonyl (C=O) groups is 1. The van der Waals surface area contributed by atoms with E-state index < -0.39 is 0 Å². The molecule has 118 valence electrons. The van der Waals surface area contributed by atoms with Gasteiger partial charge in [0.1, 0.15) is 16.5 Å². The number of furan rings is 1. The number of aromatic nitrogens is 1. The van der Waals surface area contributed by atoms with Gasteiger partial charge in [-0.25, -0.2) is 4.98 Å². The molecule has 0 unspecified atom stereocenters. The second-order valence-corrected chi connectivity index (χ2v) is 6.13. The lowest BCUT2D eigenvalue weighted by Crippen LogP contribution is -2.35. The van der Waals surface area contributed by atoms with E-state index >= 15 is 0 Å². The highest BCUT2D eigenvalue weighted by Crippen LogP contribution is 2.25. The molecule has 7 heteroatoms. The van der Waals surface area contributed by atoms with Crippen LogP contribution >= 0.6 is 11.3 Å². The molecule has 0 saturated carbocycles. The summed E-state index contributed by atoms with van der Waals surface area (Å²) in [7, 11) is 0. The van der Waals surface area contributed by atoms with Crippen LogP contribution in [-0.2, 0) is 22.6 Å². The van der Waals surface area contributed by atoms with Crippen molar-refractivity contribution in [3.63, 3.8) is 0 Å². The average molecular weight is 321 g/mol. The first-order chi connectivity index (χ1) is 10.7. The number of amides is 1. The summed E-state index contributed by atoms with van der Waals surface area (Å²) in [5, 5.41) is 5.81. The molecule has 1 saturated heterocycles. The molecule has 1 aliphatic rings. The Hall–Kier alpha value is -1.70. The number of hydrogen-bond acceptors (Lipinski definition) is 6. The summed E-state index contributed by atoms with van der Waals surface area (Å²) in [4.78, 5) is 17.9. The van der Waals surface area contributed by atoms with Gasteiger partial charge < -0.3 is 14.5 Å². The molecule has 0 spiro atoms. The number of thiazole rings is 1. The van der Waals surface area contributed by atoms with Crippen LogP contribution < -0.4 is 5.32 Å². The maximum Gasteiger partial charge on any atom is 0.217 e. The topological polar surface area (TPSA) is 67.6 Å². The monoisotopic (exact) mass is 321 g/mol. The van der Waals surface area contributed by atoms with Crippen LogP contribution in [0.4, 0.5) is 0 Å². The number of nitrogens with one attached hydrogen (secondary N) is 1. The van der Waals surface area contributed by atoms with Gasteiger partial charge in [0.15, 0.2) is 5.76 Å². The lowest BCUT2D eigenvalue weighted by atomic mass is 10.3. The Balaban J connectivity index is 1.61. The van der Waals surface area contributed by atoms with Crippen molar-refractivity contribution in [1.82, 2.24) is 15.2 Å². The average Bonchev–Trinajstić information content (AvgIpc) is 3.15. The summed E-state index contributed by atoms with van der Waals surface area (Å²) in [5.41, 5.74) is 0.849. The number of hydrogen-bond donors (Lipinski definition) is 1. The predicted molar refractivity (Wildman–Crippen MR) is 83.4 cm³/mol. The summed E-state index contributed by atoms with van der Waals surface area (Å²) in [6.07, 6.45) is 0. The molecule has 3 rings (SSSR count). The molecule has 1 N–H and O–H groups in total. The molecule has 0 aliphatic carbocycles. The molecule has 6 nitrogen and oxygen atoms in total. The SMILES string of the molecule is CC(=O)NCc1ccc(-c2csc(CN3CCOCC3)n2)o1. The van der Waals surface area contributed by atoms with Gasteiger partial charge in [-0.1, -0.05) is 0 Å². The summed E-state index contributed by atoms with van der Waals surface area (Å²) in [6.45, 7) is 6.24. The summed E-state index contributed by atoms with van der Waals surface area (Å²) in [6, 6.07) is 3.76. The smallest absolute Gasteiger partial charge is 0.217 e. The summed E-state index contributed by atoms with van der Waals surface area (Å²) in [5.74, 6) is 1.40. The predicted octanol–water partition coefficient (Wildman–Crippen LogP) is 1.87. The maximum absolute atomic E-state index is 10.9. The fourth-order valence-electron chi connectivity index (χ4n) is 2.27. The van der Waals surface area contributed by atoms with Gasteiger partial charge in [-0.2, -0.15) is 0 Å². The summed E-state index contributed by atoms with van der Waals surface area (Å²) >= 11 is 1.64. The highest BCUT2D eigenvalue weighted by atomic mass is 32.1.